The quantitative estimate of drug-likeness (QED) is 0.859. The number of halogens is 1. The fourth-order valence-corrected chi connectivity index (χ4v) is 3.68. The van der Waals surface area contributed by atoms with Crippen LogP contribution in [0.2, 0.25) is 0 Å². The average molecular weight is 398 g/mol. The summed E-state index contributed by atoms with van der Waals surface area (Å²) in [7, 11) is -0.781. The Bertz CT molecular complexity index is 851. The number of sulfonamides is 1. The van der Waals surface area contributed by atoms with Crippen LogP contribution in [0.25, 0.3) is 0 Å². The molecule has 23 heavy (non-hydrogen) atoms. The zero-order valence-electron chi connectivity index (χ0n) is 12.9. The van der Waals surface area contributed by atoms with Crippen molar-refractivity contribution in [1.29, 1.82) is 0 Å². The average Bonchev–Trinajstić information content (AvgIpc) is 2.47. The molecular weight excluding hydrogens is 382 g/mol. The fraction of sp³-hybridized carbons (Fsp3) is 0.200. The summed E-state index contributed by atoms with van der Waals surface area (Å²) in [6.07, 6.45) is 1.59. The Kier molecular flexibility index (Phi) is 5.18. The predicted octanol–water partition coefficient (Wildman–Crippen LogP) is 2.66. The Morgan fingerprint density at radius 1 is 1.22 bits per heavy atom. The van der Waals surface area contributed by atoms with Crippen LogP contribution < -0.4 is 5.32 Å². The van der Waals surface area contributed by atoms with Crippen LogP contribution in [0.15, 0.2) is 45.9 Å². The molecule has 0 unspecified atom stereocenters. The highest BCUT2D eigenvalue weighted by Crippen LogP contribution is 2.25. The number of amides is 1. The van der Waals surface area contributed by atoms with Crippen LogP contribution in [0.1, 0.15) is 15.9 Å². The van der Waals surface area contributed by atoms with E-state index in [1.807, 2.05) is 13.0 Å². The van der Waals surface area contributed by atoms with Crippen molar-refractivity contribution in [2.24, 2.45) is 0 Å². The molecule has 1 N–H and O–H groups in total. The normalized spacial score (nSPS) is 11.5. The number of nitrogens with zero attached hydrogens (tertiary/aromatic N) is 2. The highest BCUT2D eigenvalue weighted by atomic mass is 79.9. The number of pyridine rings is 1. The van der Waals surface area contributed by atoms with E-state index in [1.54, 1.807) is 18.3 Å². The van der Waals surface area contributed by atoms with Crippen molar-refractivity contribution in [2.75, 3.05) is 19.4 Å². The van der Waals surface area contributed by atoms with E-state index in [-0.39, 0.29) is 10.5 Å². The summed E-state index contributed by atoms with van der Waals surface area (Å²) < 4.78 is 26.1. The van der Waals surface area contributed by atoms with Gasteiger partial charge in [0.15, 0.2) is 0 Å². The van der Waals surface area contributed by atoms with Gasteiger partial charge < -0.3 is 5.32 Å². The third-order valence-corrected chi connectivity index (χ3v) is 5.92. The van der Waals surface area contributed by atoms with Gasteiger partial charge in [0.2, 0.25) is 10.0 Å². The minimum Gasteiger partial charge on any atom is -0.307 e. The molecule has 0 aliphatic heterocycles. The minimum atomic E-state index is -3.65. The highest BCUT2D eigenvalue weighted by Gasteiger charge is 2.22. The van der Waals surface area contributed by atoms with E-state index in [4.69, 9.17) is 0 Å². The lowest BCUT2D eigenvalue weighted by atomic mass is 10.2. The molecule has 6 nitrogen and oxygen atoms in total. The Labute approximate surface area is 143 Å². The second kappa shape index (κ2) is 6.77. The van der Waals surface area contributed by atoms with Gasteiger partial charge in [0.25, 0.3) is 5.91 Å². The van der Waals surface area contributed by atoms with Gasteiger partial charge in [-0.2, -0.15) is 0 Å². The summed E-state index contributed by atoms with van der Waals surface area (Å²) in [6, 6.07) is 7.97. The van der Waals surface area contributed by atoms with E-state index in [1.165, 1.54) is 26.2 Å². The Balaban J connectivity index is 2.36. The van der Waals surface area contributed by atoms with Crippen LogP contribution in [0, 0.1) is 6.92 Å². The monoisotopic (exact) mass is 397 g/mol. The van der Waals surface area contributed by atoms with Gasteiger partial charge in [-0.05, 0) is 58.7 Å². The van der Waals surface area contributed by atoms with Crippen molar-refractivity contribution < 1.29 is 13.2 Å². The largest absolute Gasteiger partial charge is 0.307 e. The van der Waals surface area contributed by atoms with Gasteiger partial charge in [-0.1, -0.05) is 0 Å². The van der Waals surface area contributed by atoms with E-state index in [2.05, 4.69) is 26.2 Å². The van der Waals surface area contributed by atoms with Crippen molar-refractivity contribution in [3.8, 4) is 0 Å². The fourth-order valence-electron chi connectivity index (χ4n) is 1.83. The van der Waals surface area contributed by atoms with Gasteiger partial charge >= 0.3 is 0 Å². The number of hydrogen-bond donors (Lipinski definition) is 1. The number of rotatable bonds is 4. The number of aryl methyl sites for hydroxylation is 1. The molecule has 122 valence electrons. The number of hydrogen-bond acceptors (Lipinski definition) is 4. The smallest absolute Gasteiger partial charge is 0.256 e. The maximum absolute atomic E-state index is 12.3. The van der Waals surface area contributed by atoms with Crippen molar-refractivity contribution >= 4 is 37.7 Å². The molecule has 0 aliphatic rings. The molecule has 0 bridgehead atoms. The molecule has 0 aliphatic carbocycles. The Hall–Kier alpha value is -1.77. The van der Waals surface area contributed by atoms with Crippen molar-refractivity contribution in [3.05, 3.63) is 52.1 Å². The van der Waals surface area contributed by atoms with E-state index in [0.717, 1.165) is 9.87 Å². The molecular formula is C15H16BrN3O3S. The number of aromatic nitrogens is 1. The van der Waals surface area contributed by atoms with Crippen LogP contribution in [0.3, 0.4) is 0 Å². The van der Waals surface area contributed by atoms with Crippen LogP contribution in [0.4, 0.5) is 5.82 Å². The van der Waals surface area contributed by atoms with Crippen molar-refractivity contribution in [3.63, 3.8) is 0 Å². The zero-order chi connectivity index (χ0) is 17.2. The number of benzene rings is 1. The summed E-state index contributed by atoms with van der Waals surface area (Å²) in [4.78, 5) is 16.4. The van der Waals surface area contributed by atoms with Crippen molar-refractivity contribution in [2.45, 2.75) is 11.8 Å². The van der Waals surface area contributed by atoms with Gasteiger partial charge in [0.05, 0.1) is 4.90 Å². The van der Waals surface area contributed by atoms with Crippen LogP contribution >= 0.6 is 15.9 Å². The molecule has 0 fully saturated rings. The van der Waals surface area contributed by atoms with Gasteiger partial charge in [0, 0.05) is 30.3 Å². The van der Waals surface area contributed by atoms with Gasteiger partial charge in [-0.25, -0.2) is 17.7 Å². The first-order valence-electron chi connectivity index (χ1n) is 6.68. The zero-order valence-corrected chi connectivity index (χ0v) is 15.3. The second-order valence-electron chi connectivity index (χ2n) is 5.11. The molecule has 1 amide bonds. The van der Waals surface area contributed by atoms with E-state index in [9.17, 15) is 13.2 Å². The summed E-state index contributed by atoms with van der Waals surface area (Å²) in [5.74, 6) is -0.0132. The molecule has 1 aromatic carbocycles. The van der Waals surface area contributed by atoms with Crippen molar-refractivity contribution in [1.82, 2.24) is 9.29 Å². The maximum Gasteiger partial charge on any atom is 0.256 e. The van der Waals surface area contributed by atoms with Crippen LogP contribution in [-0.2, 0) is 10.0 Å². The molecule has 0 spiro atoms. The lowest BCUT2D eigenvalue weighted by Crippen LogP contribution is -2.23. The lowest BCUT2D eigenvalue weighted by Gasteiger charge is -2.14. The maximum atomic E-state index is 12.3. The third kappa shape index (κ3) is 3.95. The summed E-state index contributed by atoms with van der Waals surface area (Å²) in [5.41, 5.74) is 1.19. The molecule has 2 rings (SSSR count). The van der Waals surface area contributed by atoms with E-state index >= 15 is 0 Å². The predicted molar refractivity (Wildman–Crippen MR) is 91.9 cm³/mol. The molecule has 1 heterocycles. The topological polar surface area (TPSA) is 79.4 Å². The Morgan fingerprint density at radius 2 is 1.91 bits per heavy atom. The van der Waals surface area contributed by atoms with Gasteiger partial charge in [-0.3, -0.25) is 4.79 Å². The SMILES string of the molecule is Cc1ccnc(NC(=O)c2ccc(Br)c(S(=O)(=O)N(C)C)c2)c1. The molecule has 8 heteroatoms. The summed E-state index contributed by atoms with van der Waals surface area (Å²) in [6.45, 7) is 1.89. The lowest BCUT2D eigenvalue weighted by molar-refractivity contribution is 0.102. The first kappa shape index (κ1) is 17.6. The first-order chi connectivity index (χ1) is 10.7. The van der Waals surface area contributed by atoms with E-state index < -0.39 is 15.9 Å². The summed E-state index contributed by atoms with van der Waals surface area (Å²) >= 11 is 3.21. The summed E-state index contributed by atoms with van der Waals surface area (Å²) in [5, 5.41) is 2.65. The third-order valence-electron chi connectivity index (χ3n) is 3.11. The standard InChI is InChI=1S/C15H16BrN3O3S/c1-10-6-7-17-14(8-10)18-15(20)11-4-5-12(16)13(9-11)23(21,22)19(2)3/h4-9H,1-3H3,(H,17,18,20). The molecule has 0 atom stereocenters. The molecule has 0 saturated carbocycles. The van der Waals surface area contributed by atoms with E-state index in [0.29, 0.717) is 10.3 Å². The van der Waals surface area contributed by atoms with Gasteiger partial charge in [0.1, 0.15) is 5.82 Å². The Morgan fingerprint density at radius 3 is 2.52 bits per heavy atom. The van der Waals surface area contributed by atoms with Crippen LogP contribution in [0.5, 0.6) is 0 Å². The molecule has 1 aromatic heterocycles. The number of nitrogens with one attached hydrogen (secondary N) is 1. The molecule has 0 saturated heterocycles. The van der Waals surface area contributed by atoms with Crippen LogP contribution in [-0.4, -0.2) is 37.7 Å². The molecule has 2 aromatic rings. The first-order valence-corrected chi connectivity index (χ1v) is 8.91. The number of carbonyl (C=O) groups is 1. The second-order valence-corrected chi connectivity index (χ2v) is 8.08. The molecule has 0 radical (unpaired) electrons. The van der Waals surface area contributed by atoms with Gasteiger partial charge in [-0.15, -0.1) is 0 Å². The number of carbonyl (C=O) groups excluding carboxylic acids is 1. The highest BCUT2D eigenvalue weighted by molar-refractivity contribution is 9.10. The minimum absolute atomic E-state index is 0.0346. The number of anilines is 1.